The lowest BCUT2D eigenvalue weighted by atomic mass is 10.1. The standard InChI is InChI=1S/C15H21N3S/c1-10-6-7-11(2)12(8-10)14-18-17-13(19-14)9-16-15(3,4)5/h6-8,16H,9H2,1-5H3. The zero-order valence-corrected chi connectivity index (χ0v) is 13.1. The molecule has 0 atom stereocenters. The third-order valence-electron chi connectivity index (χ3n) is 2.86. The number of aromatic nitrogens is 2. The molecule has 0 unspecified atom stereocenters. The van der Waals surface area contributed by atoms with Crippen molar-refractivity contribution >= 4 is 11.3 Å². The first-order valence-electron chi connectivity index (χ1n) is 6.50. The van der Waals surface area contributed by atoms with Gasteiger partial charge in [-0.3, -0.25) is 0 Å². The molecule has 0 saturated carbocycles. The van der Waals surface area contributed by atoms with Gasteiger partial charge in [0.15, 0.2) is 0 Å². The van der Waals surface area contributed by atoms with Gasteiger partial charge in [-0.2, -0.15) is 0 Å². The van der Waals surface area contributed by atoms with Crippen molar-refractivity contribution in [3.8, 4) is 10.6 Å². The molecular weight excluding hydrogens is 254 g/mol. The third-order valence-corrected chi connectivity index (χ3v) is 3.82. The SMILES string of the molecule is Cc1ccc(C)c(-c2nnc(CNC(C)(C)C)s2)c1. The fraction of sp³-hybridized carbons (Fsp3) is 0.467. The Labute approximate surface area is 119 Å². The Bertz CT molecular complexity index is 567. The molecule has 0 fully saturated rings. The van der Waals surface area contributed by atoms with Gasteiger partial charge in [-0.05, 0) is 46.2 Å². The Hall–Kier alpha value is -1.26. The molecule has 0 amide bonds. The molecule has 1 N–H and O–H groups in total. The Kier molecular flexibility index (Phi) is 4.02. The van der Waals surface area contributed by atoms with Crippen LogP contribution in [0.1, 0.15) is 36.9 Å². The van der Waals surface area contributed by atoms with Crippen molar-refractivity contribution in [2.75, 3.05) is 0 Å². The van der Waals surface area contributed by atoms with E-state index in [1.165, 1.54) is 16.7 Å². The molecule has 2 rings (SSSR count). The normalized spacial score (nSPS) is 11.8. The average molecular weight is 275 g/mol. The summed E-state index contributed by atoms with van der Waals surface area (Å²) in [6.07, 6.45) is 0. The summed E-state index contributed by atoms with van der Waals surface area (Å²) in [6.45, 7) is 11.4. The molecule has 1 aromatic carbocycles. The minimum absolute atomic E-state index is 0.102. The smallest absolute Gasteiger partial charge is 0.148 e. The highest BCUT2D eigenvalue weighted by Crippen LogP contribution is 2.27. The van der Waals surface area contributed by atoms with E-state index >= 15 is 0 Å². The molecule has 1 heterocycles. The molecular formula is C15H21N3S. The van der Waals surface area contributed by atoms with Crippen LogP contribution in [0.2, 0.25) is 0 Å². The van der Waals surface area contributed by atoms with E-state index in [2.05, 4.69) is 68.3 Å². The molecule has 0 radical (unpaired) electrons. The van der Waals surface area contributed by atoms with Crippen LogP contribution in [0.4, 0.5) is 0 Å². The van der Waals surface area contributed by atoms with Crippen molar-refractivity contribution in [1.29, 1.82) is 0 Å². The van der Waals surface area contributed by atoms with Gasteiger partial charge in [-0.1, -0.05) is 29.0 Å². The van der Waals surface area contributed by atoms with Crippen LogP contribution in [0.5, 0.6) is 0 Å². The molecule has 0 aliphatic carbocycles. The van der Waals surface area contributed by atoms with E-state index in [1.54, 1.807) is 11.3 Å². The minimum Gasteiger partial charge on any atom is -0.306 e. The predicted octanol–water partition coefficient (Wildman–Crippen LogP) is 3.71. The molecule has 1 aromatic heterocycles. The lowest BCUT2D eigenvalue weighted by Crippen LogP contribution is -2.35. The van der Waals surface area contributed by atoms with E-state index in [1.807, 2.05) is 0 Å². The van der Waals surface area contributed by atoms with Crippen LogP contribution in [-0.4, -0.2) is 15.7 Å². The van der Waals surface area contributed by atoms with Crippen molar-refractivity contribution in [3.05, 3.63) is 34.3 Å². The number of benzene rings is 1. The van der Waals surface area contributed by atoms with Crippen LogP contribution in [0, 0.1) is 13.8 Å². The number of aryl methyl sites for hydroxylation is 2. The first kappa shape index (κ1) is 14.2. The maximum absolute atomic E-state index is 4.32. The summed E-state index contributed by atoms with van der Waals surface area (Å²) in [6, 6.07) is 6.44. The molecule has 2 aromatic rings. The number of hydrogen-bond acceptors (Lipinski definition) is 4. The fourth-order valence-electron chi connectivity index (χ4n) is 1.74. The second-order valence-electron chi connectivity index (χ2n) is 5.92. The molecule has 0 spiro atoms. The maximum atomic E-state index is 4.32. The minimum atomic E-state index is 0.102. The zero-order valence-electron chi connectivity index (χ0n) is 12.2. The molecule has 4 heteroatoms. The van der Waals surface area contributed by atoms with E-state index in [-0.39, 0.29) is 5.54 Å². The van der Waals surface area contributed by atoms with E-state index < -0.39 is 0 Å². The van der Waals surface area contributed by atoms with Crippen molar-refractivity contribution in [2.45, 2.75) is 46.7 Å². The highest BCUT2D eigenvalue weighted by Gasteiger charge is 2.12. The van der Waals surface area contributed by atoms with Crippen LogP contribution in [0.25, 0.3) is 10.6 Å². The summed E-state index contributed by atoms with van der Waals surface area (Å²) >= 11 is 1.66. The fourth-order valence-corrected chi connectivity index (χ4v) is 2.60. The summed E-state index contributed by atoms with van der Waals surface area (Å²) in [5, 5.41) is 14.1. The summed E-state index contributed by atoms with van der Waals surface area (Å²) < 4.78 is 0. The molecule has 3 nitrogen and oxygen atoms in total. The molecule has 0 aliphatic heterocycles. The Morgan fingerprint density at radius 3 is 2.58 bits per heavy atom. The third kappa shape index (κ3) is 3.85. The quantitative estimate of drug-likeness (QED) is 0.928. The van der Waals surface area contributed by atoms with Gasteiger partial charge in [0.1, 0.15) is 10.0 Å². The van der Waals surface area contributed by atoms with Gasteiger partial charge in [-0.15, -0.1) is 10.2 Å². The van der Waals surface area contributed by atoms with Gasteiger partial charge in [0.2, 0.25) is 0 Å². The second-order valence-corrected chi connectivity index (χ2v) is 6.98. The van der Waals surface area contributed by atoms with E-state index in [4.69, 9.17) is 0 Å². The number of nitrogens with one attached hydrogen (secondary N) is 1. The van der Waals surface area contributed by atoms with Crippen molar-refractivity contribution in [1.82, 2.24) is 15.5 Å². The average Bonchev–Trinajstić information content (AvgIpc) is 2.77. The topological polar surface area (TPSA) is 37.8 Å². The van der Waals surface area contributed by atoms with Gasteiger partial charge in [-0.25, -0.2) is 0 Å². The molecule has 102 valence electrons. The van der Waals surface area contributed by atoms with Crippen LogP contribution in [0.15, 0.2) is 18.2 Å². The molecule has 0 saturated heterocycles. The maximum Gasteiger partial charge on any atom is 0.148 e. The van der Waals surface area contributed by atoms with Crippen molar-refractivity contribution in [3.63, 3.8) is 0 Å². The Morgan fingerprint density at radius 1 is 1.16 bits per heavy atom. The largest absolute Gasteiger partial charge is 0.306 e. The zero-order chi connectivity index (χ0) is 14.0. The van der Waals surface area contributed by atoms with Gasteiger partial charge < -0.3 is 5.32 Å². The van der Waals surface area contributed by atoms with E-state index in [9.17, 15) is 0 Å². The highest BCUT2D eigenvalue weighted by molar-refractivity contribution is 7.14. The van der Waals surface area contributed by atoms with Crippen LogP contribution >= 0.6 is 11.3 Å². The van der Waals surface area contributed by atoms with Gasteiger partial charge >= 0.3 is 0 Å². The molecule has 0 aliphatic rings. The number of nitrogens with zero attached hydrogens (tertiary/aromatic N) is 2. The summed E-state index contributed by atoms with van der Waals surface area (Å²) in [5.74, 6) is 0. The van der Waals surface area contributed by atoms with Gasteiger partial charge in [0.25, 0.3) is 0 Å². The van der Waals surface area contributed by atoms with Crippen molar-refractivity contribution in [2.24, 2.45) is 0 Å². The number of rotatable bonds is 3. The Balaban J connectivity index is 2.19. The lowest BCUT2D eigenvalue weighted by molar-refractivity contribution is 0.423. The highest BCUT2D eigenvalue weighted by atomic mass is 32.1. The number of hydrogen-bond donors (Lipinski definition) is 1. The monoisotopic (exact) mass is 275 g/mol. The van der Waals surface area contributed by atoms with Gasteiger partial charge in [0.05, 0.1) is 6.54 Å². The first-order valence-corrected chi connectivity index (χ1v) is 7.32. The first-order chi connectivity index (χ1) is 8.85. The second kappa shape index (κ2) is 5.39. The summed E-state index contributed by atoms with van der Waals surface area (Å²) in [5.41, 5.74) is 3.80. The summed E-state index contributed by atoms with van der Waals surface area (Å²) in [4.78, 5) is 0. The molecule has 19 heavy (non-hydrogen) atoms. The molecule has 0 bridgehead atoms. The predicted molar refractivity (Wildman–Crippen MR) is 81.4 cm³/mol. The van der Waals surface area contributed by atoms with Crippen molar-refractivity contribution < 1.29 is 0 Å². The van der Waals surface area contributed by atoms with E-state index in [0.717, 1.165) is 16.6 Å². The van der Waals surface area contributed by atoms with Crippen LogP contribution < -0.4 is 5.32 Å². The van der Waals surface area contributed by atoms with Crippen LogP contribution in [0.3, 0.4) is 0 Å². The summed E-state index contributed by atoms with van der Waals surface area (Å²) in [7, 11) is 0. The lowest BCUT2D eigenvalue weighted by Gasteiger charge is -2.19. The van der Waals surface area contributed by atoms with Crippen LogP contribution in [-0.2, 0) is 6.54 Å². The Morgan fingerprint density at radius 2 is 1.89 bits per heavy atom. The van der Waals surface area contributed by atoms with Gasteiger partial charge in [0, 0.05) is 11.1 Å². The van der Waals surface area contributed by atoms with E-state index in [0.29, 0.717) is 0 Å².